The van der Waals surface area contributed by atoms with Gasteiger partial charge in [-0.2, -0.15) is 0 Å². The summed E-state index contributed by atoms with van der Waals surface area (Å²) in [6, 6.07) is 0. The SMILES string of the molecule is CC(=O)OC1C(C)C2CCC(C)C3=C2C2C(=CC3)CC(C)(C)C(OC(C)=O)C21. The average Bonchev–Trinajstić information content (AvgIpc) is 2.59. The van der Waals surface area contributed by atoms with Gasteiger partial charge in [0.05, 0.1) is 0 Å². The molecule has 4 aliphatic rings. The lowest BCUT2D eigenvalue weighted by molar-refractivity contribution is -0.185. The van der Waals surface area contributed by atoms with Gasteiger partial charge >= 0.3 is 11.9 Å². The van der Waals surface area contributed by atoms with Crippen molar-refractivity contribution in [3.05, 3.63) is 22.8 Å². The Morgan fingerprint density at radius 2 is 1.75 bits per heavy atom. The standard InChI is InChI=1S/C24H34O4/c1-12-7-9-18-13(2)22(27-14(3)25)21-19-16(8-10-17(12)20(18)19)11-24(5,6)23(21)28-15(4)26/h8,12-13,18-19,21-23H,7,9-11H2,1-6H3. The molecule has 4 aliphatic carbocycles. The first-order valence-corrected chi connectivity index (χ1v) is 10.9. The predicted molar refractivity (Wildman–Crippen MR) is 107 cm³/mol. The number of hydrogen-bond acceptors (Lipinski definition) is 4. The Morgan fingerprint density at radius 1 is 1.07 bits per heavy atom. The topological polar surface area (TPSA) is 52.6 Å². The maximum atomic E-state index is 12.0. The molecule has 0 aromatic carbocycles. The Balaban J connectivity index is 1.88. The molecule has 28 heavy (non-hydrogen) atoms. The van der Waals surface area contributed by atoms with Gasteiger partial charge in [0.1, 0.15) is 12.2 Å². The predicted octanol–water partition coefficient (Wildman–Crippen LogP) is 4.83. The van der Waals surface area contributed by atoms with Gasteiger partial charge in [0.15, 0.2) is 0 Å². The van der Waals surface area contributed by atoms with Gasteiger partial charge in [0.25, 0.3) is 0 Å². The summed E-state index contributed by atoms with van der Waals surface area (Å²) in [5, 5.41) is 0. The lowest BCUT2D eigenvalue weighted by atomic mass is 9.48. The van der Waals surface area contributed by atoms with Crippen molar-refractivity contribution < 1.29 is 19.1 Å². The highest BCUT2D eigenvalue weighted by Gasteiger charge is 2.60. The van der Waals surface area contributed by atoms with Gasteiger partial charge in [-0.15, -0.1) is 0 Å². The number of ether oxygens (including phenoxy) is 2. The highest BCUT2D eigenvalue weighted by Crippen LogP contribution is 2.62. The number of carbonyl (C=O) groups is 2. The van der Waals surface area contributed by atoms with Crippen LogP contribution in [0.3, 0.4) is 0 Å². The first kappa shape index (κ1) is 19.7. The highest BCUT2D eigenvalue weighted by atomic mass is 16.6. The van der Waals surface area contributed by atoms with Crippen LogP contribution in [0.4, 0.5) is 0 Å². The molecule has 2 saturated carbocycles. The summed E-state index contributed by atoms with van der Waals surface area (Å²) in [4.78, 5) is 24.1. The molecule has 7 unspecified atom stereocenters. The Bertz CT molecular complexity index is 759. The number of allylic oxidation sites excluding steroid dienone is 4. The Kier molecular flexibility index (Phi) is 4.75. The molecule has 0 saturated heterocycles. The smallest absolute Gasteiger partial charge is 0.302 e. The molecule has 4 rings (SSSR count). The van der Waals surface area contributed by atoms with Crippen LogP contribution in [-0.2, 0) is 19.1 Å². The van der Waals surface area contributed by atoms with Crippen molar-refractivity contribution in [1.29, 1.82) is 0 Å². The number of rotatable bonds is 2. The van der Waals surface area contributed by atoms with Gasteiger partial charge in [0, 0.05) is 37.0 Å². The minimum atomic E-state index is -0.246. The third kappa shape index (κ3) is 2.95. The van der Waals surface area contributed by atoms with E-state index >= 15 is 0 Å². The monoisotopic (exact) mass is 386 g/mol. The molecule has 2 fully saturated rings. The molecule has 0 bridgehead atoms. The third-order valence-electron chi connectivity index (χ3n) is 7.89. The summed E-state index contributed by atoms with van der Waals surface area (Å²) in [5.74, 6) is 1.11. The Morgan fingerprint density at radius 3 is 2.39 bits per heavy atom. The van der Waals surface area contributed by atoms with E-state index in [-0.39, 0.29) is 47.3 Å². The van der Waals surface area contributed by atoms with Crippen LogP contribution in [0.25, 0.3) is 0 Å². The maximum absolute atomic E-state index is 12.0. The third-order valence-corrected chi connectivity index (χ3v) is 7.89. The molecule has 0 aromatic rings. The van der Waals surface area contributed by atoms with Crippen molar-refractivity contribution in [3.8, 4) is 0 Å². The zero-order valence-electron chi connectivity index (χ0n) is 18.1. The molecular weight excluding hydrogens is 352 g/mol. The van der Waals surface area contributed by atoms with Gasteiger partial charge in [-0.1, -0.05) is 50.5 Å². The first-order valence-electron chi connectivity index (χ1n) is 10.9. The molecule has 7 atom stereocenters. The highest BCUT2D eigenvalue weighted by molar-refractivity contribution is 5.67. The lowest BCUT2D eigenvalue weighted by Gasteiger charge is -2.59. The molecular formula is C24H34O4. The molecule has 154 valence electrons. The minimum absolute atomic E-state index is 0.00431. The van der Waals surface area contributed by atoms with Gasteiger partial charge in [-0.3, -0.25) is 9.59 Å². The Labute approximate surface area is 168 Å². The first-order chi connectivity index (χ1) is 13.1. The van der Waals surface area contributed by atoms with Crippen molar-refractivity contribution in [3.63, 3.8) is 0 Å². The number of esters is 2. The van der Waals surface area contributed by atoms with Crippen LogP contribution < -0.4 is 0 Å². The van der Waals surface area contributed by atoms with Gasteiger partial charge in [-0.05, 0) is 37.5 Å². The quantitative estimate of drug-likeness (QED) is 0.504. The molecule has 0 heterocycles. The van der Waals surface area contributed by atoms with Gasteiger partial charge in [-0.25, -0.2) is 0 Å². The van der Waals surface area contributed by atoms with Gasteiger partial charge < -0.3 is 9.47 Å². The largest absolute Gasteiger partial charge is 0.462 e. The van der Waals surface area contributed by atoms with E-state index in [0.29, 0.717) is 11.8 Å². The Hall–Kier alpha value is -1.58. The summed E-state index contributed by atoms with van der Waals surface area (Å²) in [6.45, 7) is 12.0. The lowest BCUT2D eigenvalue weighted by Crippen LogP contribution is -2.60. The number of carbonyl (C=O) groups excluding carboxylic acids is 2. The van der Waals surface area contributed by atoms with Crippen LogP contribution in [0.5, 0.6) is 0 Å². The molecule has 0 amide bonds. The van der Waals surface area contributed by atoms with Crippen LogP contribution >= 0.6 is 0 Å². The van der Waals surface area contributed by atoms with Crippen molar-refractivity contribution >= 4 is 11.9 Å². The molecule has 0 aromatic heterocycles. The van der Waals surface area contributed by atoms with Crippen molar-refractivity contribution in [2.24, 2.45) is 35.0 Å². The van der Waals surface area contributed by atoms with Gasteiger partial charge in [0.2, 0.25) is 0 Å². The van der Waals surface area contributed by atoms with Crippen molar-refractivity contribution in [2.75, 3.05) is 0 Å². The fourth-order valence-corrected chi connectivity index (χ4v) is 6.84. The van der Waals surface area contributed by atoms with Crippen molar-refractivity contribution in [2.45, 2.75) is 79.4 Å². The van der Waals surface area contributed by atoms with E-state index in [0.717, 1.165) is 19.3 Å². The minimum Gasteiger partial charge on any atom is -0.462 e. The summed E-state index contributed by atoms with van der Waals surface area (Å²) in [5.41, 5.74) is 4.50. The molecule has 0 aliphatic heterocycles. The van der Waals surface area contributed by atoms with E-state index in [2.05, 4.69) is 33.8 Å². The van der Waals surface area contributed by atoms with Crippen LogP contribution in [0.2, 0.25) is 0 Å². The van der Waals surface area contributed by atoms with Crippen LogP contribution in [-0.4, -0.2) is 24.1 Å². The zero-order chi connectivity index (χ0) is 20.4. The molecule has 4 heteroatoms. The second-order valence-corrected chi connectivity index (χ2v) is 10.2. The van der Waals surface area contributed by atoms with E-state index in [1.54, 1.807) is 11.1 Å². The van der Waals surface area contributed by atoms with E-state index in [4.69, 9.17) is 9.47 Å². The average molecular weight is 387 g/mol. The second-order valence-electron chi connectivity index (χ2n) is 10.2. The molecule has 4 nitrogen and oxygen atoms in total. The zero-order valence-corrected chi connectivity index (χ0v) is 18.1. The van der Waals surface area contributed by atoms with E-state index in [1.165, 1.54) is 25.8 Å². The maximum Gasteiger partial charge on any atom is 0.302 e. The number of hydrogen-bond donors (Lipinski definition) is 0. The summed E-state index contributed by atoms with van der Waals surface area (Å²) >= 11 is 0. The molecule has 0 radical (unpaired) electrons. The van der Waals surface area contributed by atoms with Crippen LogP contribution in [0.15, 0.2) is 22.8 Å². The molecule has 0 spiro atoms. The van der Waals surface area contributed by atoms with Crippen LogP contribution in [0, 0.1) is 35.0 Å². The van der Waals surface area contributed by atoms with E-state index in [9.17, 15) is 9.59 Å². The summed E-state index contributed by atoms with van der Waals surface area (Å²) in [6.07, 6.45) is 6.34. The van der Waals surface area contributed by atoms with Crippen LogP contribution in [0.1, 0.15) is 67.2 Å². The van der Waals surface area contributed by atoms with E-state index in [1.807, 2.05) is 0 Å². The normalized spacial score (nSPS) is 40.9. The second kappa shape index (κ2) is 6.74. The molecule has 0 N–H and O–H groups in total. The van der Waals surface area contributed by atoms with Crippen molar-refractivity contribution in [1.82, 2.24) is 0 Å². The fraction of sp³-hybridized carbons (Fsp3) is 0.750. The fourth-order valence-electron chi connectivity index (χ4n) is 6.84. The van der Waals surface area contributed by atoms with E-state index < -0.39 is 0 Å². The summed E-state index contributed by atoms with van der Waals surface area (Å²) in [7, 11) is 0. The summed E-state index contributed by atoms with van der Waals surface area (Å²) < 4.78 is 12.0.